The fraction of sp³-hybridized carbons (Fsp3) is 0.611. The molecule has 0 radical (unpaired) electrons. The molecule has 2 rings (SSSR count). The van der Waals surface area contributed by atoms with Crippen LogP contribution in [0.4, 0.5) is 5.69 Å². The van der Waals surface area contributed by atoms with Crippen molar-refractivity contribution >= 4 is 21.6 Å². The molecule has 1 aromatic carbocycles. The van der Waals surface area contributed by atoms with Gasteiger partial charge in [0.25, 0.3) is 0 Å². The van der Waals surface area contributed by atoms with Crippen molar-refractivity contribution in [1.29, 1.82) is 0 Å². The number of nitrogens with zero attached hydrogens (tertiary/aromatic N) is 2. The van der Waals surface area contributed by atoms with Gasteiger partial charge in [0.2, 0.25) is 15.9 Å². The van der Waals surface area contributed by atoms with Crippen LogP contribution in [-0.2, 0) is 14.8 Å². The van der Waals surface area contributed by atoms with E-state index in [4.69, 9.17) is 0 Å². The van der Waals surface area contributed by atoms with E-state index in [0.717, 1.165) is 37.9 Å². The fourth-order valence-electron chi connectivity index (χ4n) is 3.17. The summed E-state index contributed by atoms with van der Waals surface area (Å²) in [5.74, 6) is -0.271. The Labute approximate surface area is 151 Å². The van der Waals surface area contributed by atoms with E-state index in [1.807, 2.05) is 19.1 Å². The van der Waals surface area contributed by atoms with Gasteiger partial charge in [-0.05, 0) is 64.9 Å². The van der Waals surface area contributed by atoms with Gasteiger partial charge in [-0.25, -0.2) is 8.42 Å². The molecule has 1 unspecified atom stereocenters. The summed E-state index contributed by atoms with van der Waals surface area (Å²) in [5.41, 5.74) is 1.55. The first-order chi connectivity index (χ1) is 11.8. The van der Waals surface area contributed by atoms with Gasteiger partial charge in [0.05, 0.1) is 11.9 Å². The van der Waals surface area contributed by atoms with E-state index in [0.29, 0.717) is 12.2 Å². The van der Waals surface area contributed by atoms with Gasteiger partial charge in [-0.3, -0.25) is 9.10 Å². The summed E-state index contributed by atoms with van der Waals surface area (Å²) in [5, 5.41) is 2.87. The van der Waals surface area contributed by atoms with Gasteiger partial charge in [0.1, 0.15) is 6.04 Å². The predicted octanol–water partition coefficient (Wildman–Crippen LogP) is 1.75. The highest BCUT2D eigenvalue weighted by Crippen LogP contribution is 2.21. The summed E-state index contributed by atoms with van der Waals surface area (Å²) in [4.78, 5) is 14.8. The van der Waals surface area contributed by atoms with Crippen LogP contribution >= 0.6 is 0 Å². The van der Waals surface area contributed by atoms with Crippen molar-refractivity contribution in [2.45, 2.75) is 39.2 Å². The monoisotopic (exact) mass is 367 g/mol. The highest BCUT2D eigenvalue weighted by Gasteiger charge is 2.28. The zero-order chi connectivity index (χ0) is 18.4. The quantitative estimate of drug-likeness (QED) is 0.711. The van der Waals surface area contributed by atoms with Crippen molar-refractivity contribution in [3.8, 4) is 0 Å². The lowest BCUT2D eigenvalue weighted by atomic mass is 10.2. The van der Waals surface area contributed by atoms with Crippen LogP contribution in [0.25, 0.3) is 0 Å². The topological polar surface area (TPSA) is 69.7 Å². The number of aryl methyl sites for hydroxylation is 1. The number of hydrogen-bond acceptors (Lipinski definition) is 4. The molecule has 7 heteroatoms. The zero-order valence-corrected chi connectivity index (χ0v) is 16.2. The van der Waals surface area contributed by atoms with Crippen LogP contribution in [0.5, 0.6) is 0 Å². The Kier molecular flexibility index (Phi) is 6.84. The van der Waals surface area contributed by atoms with Gasteiger partial charge >= 0.3 is 0 Å². The molecule has 0 aliphatic carbocycles. The van der Waals surface area contributed by atoms with E-state index in [1.54, 1.807) is 19.1 Å². The number of amides is 1. The smallest absolute Gasteiger partial charge is 0.243 e. The van der Waals surface area contributed by atoms with Gasteiger partial charge < -0.3 is 10.2 Å². The van der Waals surface area contributed by atoms with Gasteiger partial charge in [0.15, 0.2) is 0 Å². The van der Waals surface area contributed by atoms with E-state index in [-0.39, 0.29) is 5.91 Å². The maximum Gasteiger partial charge on any atom is 0.243 e. The molecule has 0 saturated carbocycles. The lowest BCUT2D eigenvalue weighted by Crippen LogP contribution is -2.48. The molecule has 0 aromatic heterocycles. The van der Waals surface area contributed by atoms with Crippen LogP contribution < -0.4 is 9.62 Å². The second-order valence-corrected chi connectivity index (χ2v) is 8.62. The Hall–Kier alpha value is -1.60. The molecule has 1 fully saturated rings. The SMILES string of the molecule is Cc1ccc(N(C(C)C(=O)NCCCN2CCCC2)S(C)(=O)=O)cc1. The first-order valence-corrected chi connectivity index (χ1v) is 10.7. The highest BCUT2D eigenvalue weighted by atomic mass is 32.2. The minimum atomic E-state index is -3.55. The predicted molar refractivity (Wildman–Crippen MR) is 101 cm³/mol. The number of anilines is 1. The number of likely N-dealkylation sites (tertiary alicyclic amines) is 1. The maximum atomic E-state index is 12.4. The van der Waals surface area contributed by atoms with Crippen molar-refractivity contribution in [1.82, 2.24) is 10.2 Å². The Balaban J connectivity index is 1.94. The van der Waals surface area contributed by atoms with Crippen LogP contribution in [0.15, 0.2) is 24.3 Å². The summed E-state index contributed by atoms with van der Waals surface area (Å²) in [7, 11) is -3.55. The van der Waals surface area contributed by atoms with Crippen molar-refractivity contribution in [3.05, 3.63) is 29.8 Å². The van der Waals surface area contributed by atoms with Gasteiger partial charge in [-0.15, -0.1) is 0 Å². The van der Waals surface area contributed by atoms with Crippen molar-refractivity contribution in [3.63, 3.8) is 0 Å². The Morgan fingerprint density at radius 2 is 1.84 bits per heavy atom. The summed E-state index contributed by atoms with van der Waals surface area (Å²) >= 11 is 0. The van der Waals surface area contributed by atoms with Gasteiger partial charge in [-0.1, -0.05) is 17.7 Å². The number of sulfonamides is 1. The zero-order valence-electron chi connectivity index (χ0n) is 15.4. The van der Waals surface area contributed by atoms with Crippen molar-refractivity contribution < 1.29 is 13.2 Å². The number of carbonyl (C=O) groups is 1. The van der Waals surface area contributed by atoms with E-state index in [2.05, 4.69) is 10.2 Å². The van der Waals surface area contributed by atoms with E-state index < -0.39 is 16.1 Å². The molecule has 1 aliphatic heterocycles. The van der Waals surface area contributed by atoms with Crippen LogP contribution in [-0.4, -0.2) is 57.7 Å². The van der Waals surface area contributed by atoms with Crippen LogP contribution in [0.1, 0.15) is 31.7 Å². The average Bonchev–Trinajstić information content (AvgIpc) is 3.05. The summed E-state index contributed by atoms with van der Waals surface area (Å²) < 4.78 is 25.6. The van der Waals surface area contributed by atoms with Crippen LogP contribution in [0.3, 0.4) is 0 Å². The molecule has 1 aromatic rings. The molecule has 0 spiro atoms. The molecule has 1 atom stereocenters. The highest BCUT2D eigenvalue weighted by molar-refractivity contribution is 7.92. The first kappa shape index (κ1) is 19.7. The molecular weight excluding hydrogens is 338 g/mol. The second-order valence-electron chi connectivity index (χ2n) is 6.76. The van der Waals surface area contributed by atoms with E-state index in [1.165, 1.54) is 17.1 Å². The minimum absolute atomic E-state index is 0.271. The Morgan fingerprint density at radius 3 is 2.40 bits per heavy atom. The molecular formula is C18H29N3O3S. The van der Waals surface area contributed by atoms with Crippen LogP contribution in [0.2, 0.25) is 0 Å². The van der Waals surface area contributed by atoms with Crippen molar-refractivity contribution in [2.24, 2.45) is 0 Å². The van der Waals surface area contributed by atoms with Gasteiger partial charge in [0, 0.05) is 6.54 Å². The number of hydrogen-bond donors (Lipinski definition) is 1. The summed E-state index contributed by atoms with van der Waals surface area (Å²) in [6, 6.07) is 6.35. The molecule has 1 N–H and O–H groups in total. The molecule has 1 amide bonds. The molecule has 140 valence electrons. The lowest BCUT2D eigenvalue weighted by molar-refractivity contribution is -0.121. The maximum absolute atomic E-state index is 12.4. The second kappa shape index (κ2) is 8.67. The normalized spacial score (nSPS) is 16.6. The average molecular weight is 368 g/mol. The van der Waals surface area contributed by atoms with E-state index in [9.17, 15) is 13.2 Å². The molecule has 1 aliphatic rings. The largest absolute Gasteiger partial charge is 0.354 e. The molecule has 0 bridgehead atoms. The summed E-state index contributed by atoms with van der Waals surface area (Å²) in [6.07, 6.45) is 4.51. The third-order valence-corrected chi connectivity index (χ3v) is 5.77. The lowest BCUT2D eigenvalue weighted by Gasteiger charge is -2.28. The molecule has 25 heavy (non-hydrogen) atoms. The number of benzene rings is 1. The number of nitrogens with one attached hydrogen (secondary N) is 1. The standard InChI is InChI=1S/C18H29N3O3S/c1-15-7-9-17(10-8-15)21(25(3,23)24)16(2)18(22)19-11-6-14-20-12-4-5-13-20/h7-10,16H,4-6,11-14H2,1-3H3,(H,19,22). The van der Waals surface area contributed by atoms with Crippen molar-refractivity contribution in [2.75, 3.05) is 36.7 Å². The minimum Gasteiger partial charge on any atom is -0.354 e. The fourth-order valence-corrected chi connectivity index (χ4v) is 4.34. The Morgan fingerprint density at radius 1 is 1.24 bits per heavy atom. The Bertz CT molecular complexity index is 667. The number of carbonyl (C=O) groups excluding carboxylic acids is 1. The molecule has 6 nitrogen and oxygen atoms in total. The third kappa shape index (κ3) is 5.71. The molecule has 1 saturated heterocycles. The van der Waals surface area contributed by atoms with Gasteiger partial charge in [-0.2, -0.15) is 0 Å². The first-order valence-electron chi connectivity index (χ1n) is 8.85. The van der Waals surface area contributed by atoms with Crippen LogP contribution in [0, 0.1) is 6.92 Å². The third-order valence-electron chi connectivity index (χ3n) is 4.53. The summed E-state index contributed by atoms with van der Waals surface area (Å²) in [6.45, 7) is 7.37. The van der Waals surface area contributed by atoms with E-state index >= 15 is 0 Å². The molecule has 1 heterocycles. The number of rotatable bonds is 8.